The number of hydrogen-bond donors (Lipinski definition) is 1. The molecule has 0 saturated carbocycles. The summed E-state index contributed by atoms with van der Waals surface area (Å²) in [4.78, 5) is 0. The Bertz CT molecular complexity index is 470. The Morgan fingerprint density at radius 1 is 1.38 bits per heavy atom. The van der Waals surface area contributed by atoms with E-state index in [-0.39, 0.29) is 11.9 Å². The summed E-state index contributed by atoms with van der Waals surface area (Å²) < 4.78 is 18.6. The summed E-state index contributed by atoms with van der Waals surface area (Å²) in [5.74, 6) is -0.256. The van der Waals surface area contributed by atoms with Crippen molar-refractivity contribution in [1.29, 1.82) is 0 Å². The maximum atomic E-state index is 12.9. The van der Waals surface area contributed by atoms with Crippen molar-refractivity contribution in [1.82, 2.24) is 0 Å². The maximum Gasteiger partial charge on any atom is 0.124 e. The molecule has 0 fully saturated rings. The van der Waals surface area contributed by atoms with Crippen LogP contribution in [-0.4, -0.2) is 0 Å². The number of hydrogen-bond acceptors (Lipinski definition) is 2. The normalized spacial score (nSPS) is 12.4. The van der Waals surface area contributed by atoms with Gasteiger partial charge in [-0.05, 0) is 47.1 Å². The first kappa shape index (κ1) is 11.2. The molecule has 2 rings (SSSR count). The Morgan fingerprint density at radius 2 is 2.19 bits per heavy atom. The van der Waals surface area contributed by atoms with Gasteiger partial charge in [-0.1, -0.05) is 0 Å². The van der Waals surface area contributed by atoms with E-state index in [1.807, 2.05) is 13.0 Å². The zero-order valence-electron chi connectivity index (χ0n) is 8.71. The highest BCUT2D eigenvalue weighted by molar-refractivity contribution is 9.10. The molecule has 16 heavy (non-hydrogen) atoms. The van der Waals surface area contributed by atoms with Gasteiger partial charge in [-0.3, -0.25) is 0 Å². The summed E-state index contributed by atoms with van der Waals surface area (Å²) in [5.41, 5.74) is 1.91. The van der Waals surface area contributed by atoms with Crippen molar-refractivity contribution in [3.63, 3.8) is 0 Å². The third-order valence-corrected chi connectivity index (χ3v) is 3.00. The fraction of sp³-hybridized carbons (Fsp3) is 0.167. The van der Waals surface area contributed by atoms with Gasteiger partial charge < -0.3 is 9.73 Å². The van der Waals surface area contributed by atoms with E-state index in [4.69, 9.17) is 4.42 Å². The van der Waals surface area contributed by atoms with Crippen LogP contribution in [0, 0.1) is 5.82 Å². The average Bonchev–Trinajstić information content (AvgIpc) is 2.75. The molecule has 4 heteroatoms. The van der Waals surface area contributed by atoms with E-state index in [9.17, 15) is 4.39 Å². The summed E-state index contributed by atoms with van der Waals surface area (Å²) in [5, 5.41) is 3.27. The van der Waals surface area contributed by atoms with Gasteiger partial charge in [-0.2, -0.15) is 0 Å². The summed E-state index contributed by atoms with van der Waals surface area (Å²) in [6.07, 6.45) is 3.32. The summed E-state index contributed by atoms with van der Waals surface area (Å²) >= 11 is 3.31. The predicted octanol–water partition coefficient (Wildman–Crippen LogP) is 4.35. The smallest absolute Gasteiger partial charge is 0.124 e. The molecule has 0 amide bonds. The molecule has 0 aliphatic heterocycles. The minimum atomic E-state index is -0.256. The van der Waals surface area contributed by atoms with E-state index in [0.717, 1.165) is 11.3 Å². The van der Waals surface area contributed by atoms with E-state index in [2.05, 4.69) is 21.2 Å². The molecule has 0 spiro atoms. The van der Waals surface area contributed by atoms with Crippen molar-refractivity contribution in [2.24, 2.45) is 0 Å². The third kappa shape index (κ3) is 2.44. The molecule has 0 radical (unpaired) electrons. The Morgan fingerprint density at radius 3 is 2.81 bits per heavy atom. The number of rotatable bonds is 3. The summed E-state index contributed by atoms with van der Waals surface area (Å²) in [6.45, 7) is 2.01. The maximum absolute atomic E-state index is 12.9. The van der Waals surface area contributed by atoms with Crippen LogP contribution in [0.15, 0.2) is 45.7 Å². The summed E-state index contributed by atoms with van der Waals surface area (Å²) in [7, 11) is 0. The highest BCUT2D eigenvalue weighted by Gasteiger charge is 2.08. The van der Waals surface area contributed by atoms with E-state index < -0.39 is 0 Å². The second kappa shape index (κ2) is 4.70. The minimum Gasteiger partial charge on any atom is -0.472 e. The number of benzene rings is 1. The molecule has 0 saturated heterocycles. The monoisotopic (exact) mass is 283 g/mol. The number of nitrogens with one attached hydrogen (secondary N) is 1. The molecule has 1 heterocycles. The first-order valence-corrected chi connectivity index (χ1v) is 5.70. The Kier molecular flexibility index (Phi) is 3.29. The van der Waals surface area contributed by atoms with Gasteiger partial charge in [0.25, 0.3) is 0 Å². The lowest BCUT2D eigenvalue weighted by molar-refractivity contribution is 0.562. The van der Waals surface area contributed by atoms with E-state index in [1.165, 1.54) is 12.1 Å². The van der Waals surface area contributed by atoms with Gasteiger partial charge in [0, 0.05) is 15.7 Å². The molecule has 1 aromatic carbocycles. The van der Waals surface area contributed by atoms with E-state index >= 15 is 0 Å². The number of halogens is 2. The van der Waals surface area contributed by atoms with Gasteiger partial charge in [0.05, 0.1) is 18.6 Å². The van der Waals surface area contributed by atoms with Crippen LogP contribution in [0.2, 0.25) is 0 Å². The van der Waals surface area contributed by atoms with Crippen LogP contribution in [0.1, 0.15) is 18.5 Å². The molecule has 1 atom stereocenters. The Labute approximate surface area is 102 Å². The molecule has 0 aliphatic carbocycles. The molecule has 1 unspecified atom stereocenters. The Hall–Kier alpha value is -1.29. The molecular formula is C12H11BrFNO. The second-order valence-corrected chi connectivity index (χ2v) is 4.40. The Balaban J connectivity index is 2.15. The van der Waals surface area contributed by atoms with Gasteiger partial charge in [0.15, 0.2) is 0 Å². The number of furan rings is 1. The molecule has 0 bridgehead atoms. The van der Waals surface area contributed by atoms with Gasteiger partial charge in [0.2, 0.25) is 0 Å². The molecule has 2 nitrogen and oxygen atoms in total. The van der Waals surface area contributed by atoms with Crippen LogP contribution in [0.4, 0.5) is 10.1 Å². The van der Waals surface area contributed by atoms with Crippen LogP contribution < -0.4 is 5.32 Å². The average molecular weight is 284 g/mol. The highest BCUT2D eigenvalue weighted by Crippen LogP contribution is 2.27. The first-order chi connectivity index (χ1) is 7.66. The number of anilines is 1. The molecule has 1 N–H and O–H groups in total. The summed E-state index contributed by atoms with van der Waals surface area (Å²) in [6, 6.07) is 6.57. The molecule has 84 valence electrons. The van der Waals surface area contributed by atoms with E-state index in [1.54, 1.807) is 18.6 Å². The second-order valence-electron chi connectivity index (χ2n) is 3.55. The van der Waals surface area contributed by atoms with Crippen molar-refractivity contribution in [2.75, 3.05) is 5.32 Å². The predicted molar refractivity (Wildman–Crippen MR) is 64.8 cm³/mol. The zero-order chi connectivity index (χ0) is 11.5. The van der Waals surface area contributed by atoms with Gasteiger partial charge in [-0.25, -0.2) is 4.39 Å². The molecule has 0 aliphatic rings. The van der Waals surface area contributed by atoms with Gasteiger partial charge in [-0.15, -0.1) is 0 Å². The lowest BCUT2D eigenvalue weighted by Crippen LogP contribution is -2.06. The fourth-order valence-electron chi connectivity index (χ4n) is 1.44. The largest absolute Gasteiger partial charge is 0.472 e. The van der Waals surface area contributed by atoms with Crippen LogP contribution in [-0.2, 0) is 0 Å². The van der Waals surface area contributed by atoms with Crippen LogP contribution >= 0.6 is 15.9 Å². The first-order valence-electron chi connectivity index (χ1n) is 4.90. The molecule has 1 aromatic heterocycles. The van der Waals surface area contributed by atoms with Crippen LogP contribution in [0.3, 0.4) is 0 Å². The molecular weight excluding hydrogens is 273 g/mol. The van der Waals surface area contributed by atoms with Gasteiger partial charge >= 0.3 is 0 Å². The van der Waals surface area contributed by atoms with Crippen molar-refractivity contribution in [3.8, 4) is 0 Å². The lowest BCUT2D eigenvalue weighted by atomic mass is 10.1. The standard InChI is InChI=1S/C12H11BrFNO/c1-8(9-4-5-16-7-9)15-12-3-2-10(14)6-11(12)13/h2-8,15H,1H3. The van der Waals surface area contributed by atoms with Crippen molar-refractivity contribution >= 4 is 21.6 Å². The SMILES string of the molecule is CC(Nc1ccc(F)cc1Br)c1ccoc1. The van der Waals surface area contributed by atoms with Crippen LogP contribution in [0.5, 0.6) is 0 Å². The zero-order valence-corrected chi connectivity index (χ0v) is 10.3. The third-order valence-electron chi connectivity index (χ3n) is 2.35. The van der Waals surface area contributed by atoms with E-state index in [0.29, 0.717) is 4.47 Å². The minimum absolute atomic E-state index is 0.112. The van der Waals surface area contributed by atoms with Crippen molar-refractivity contribution in [2.45, 2.75) is 13.0 Å². The lowest BCUT2D eigenvalue weighted by Gasteiger charge is -2.14. The van der Waals surface area contributed by atoms with Crippen molar-refractivity contribution in [3.05, 3.63) is 52.6 Å². The highest BCUT2D eigenvalue weighted by atomic mass is 79.9. The van der Waals surface area contributed by atoms with Crippen LogP contribution in [0.25, 0.3) is 0 Å². The quantitative estimate of drug-likeness (QED) is 0.906. The molecule has 2 aromatic rings. The van der Waals surface area contributed by atoms with Crippen molar-refractivity contribution < 1.29 is 8.81 Å². The topological polar surface area (TPSA) is 25.2 Å². The van der Waals surface area contributed by atoms with Gasteiger partial charge in [0.1, 0.15) is 5.82 Å². The fourth-order valence-corrected chi connectivity index (χ4v) is 1.91.